The molecule has 1 aromatic carbocycles. The van der Waals surface area contributed by atoms with E-state index in [0.29, 0.717) is 5.92 Å². The Labute approximate surface area is 75.7 Å². The number of benzene rings is 1. The van der Waals surface area contributed by atoms with Crippen LogP contribution in [0.1, 0.15) is 25.3 Å². The van der Waals surface area contributed by atoms with Crippen LogP contribution in [0.15, 0.2) is 22.7 Å². The molecule has 0 aromatic heterocycles. The molecule has 0 radical (unpaired) electrons. The molecule has 0 bridgehead atoms. The molecule has 2 N–H and O–H groups in total. The molecule has 0 amide bonds. The summed E-state index contributed by atoms with van der Waals surface area (Å²) >= 11 is 3.41. The van der Waals surface area contributed by atoms with E-state index in [9.17, 15) is 0 Å². The number of anilines is 1. The van der Waals surface area contributed by atoms with Gasteiger partial charge in [-0.05, 0) is 29.7 Å². The quantitative estimate of drug-likeness (QED) is 0.714. The van der Waals surface area contributed by atoms with E-state index in [1.54, 1.807) is 0 Å². The maximum Gasteiger partial charge on any atom is 0.0349 e. The first-order valence-corrected chi connectivity index (χ1v) is 4.45. The zero-order valence-electron chi connectivity index (χ0n) is 6.76. The summed E-state index contributed by atoms with van der Waals surface area (Å²) in [7, 11) is 0. The molecule has 1 rings (SSSR count). The van der Waals surface area contributed by atoms with E-state index < -0.39 is 0 Å². The maximum atomic E-state index is 5.77. The minimum atomic E-state index is 0.493. The van der Waals surface area contributed by atoms with Crippen molar-refractivity contribution in [1.82, 2.24) is 0 Å². The van der Waals surface area contributed by atoms with Crippen molar-refractivity contribution in [2.45, 2.75) is 19.8 Å². The van der Waals surface area contributed by atoms with E-state index in [1.807, 2.05) is 12.1 Å². The van der Waals surface area contributed by atoms with Gasteiger partial charge in [0.1, 0.15) is 0 Å². The Balaban J connectivity index is 3.13. The first-order chi connectivity index (χ1) is 5.11. The van der Waals surface area contributed by atoms with Gasteiger partial charge in [0.15, 0.2) is 0 Å². The Hall–Kier alpha value is -0.500. The number of halogens is 1. The Bertz CT molecular complexity index is 256. The predicted octanol–water partition coefficient (Wildman–Crippen LogP) is 3.15. The maximum absolute atomic E-state index is 5.77. The van der Waals surface area contributed by atoms with Crippen molar-refractivity contribution < 1.29 is 0 Å². The number of nitrogen functional groups attached to an aromatic ring is 1. The van der Waals surface area contributed by atoms with Crippen LogP contribution >= 0.6 is 15.9 Å². The summed E-state index contributed by atoms with van der Waals surface area (Å²) in [5.74, 6) is 0.493. The van der Waals surface area contributed by atoms with E-state index >= 15 is 0 Å². The number of hydrogen-bond donors (Lipinski definition) is 1. The summed E-state index contributed by atoms with van der Waals surface area (Å²) in [6.07, 6.45) is 0. The third kappa shape index (κ3) is 1.96. The van der Waals surface area contributed by atoms with E-state index in [-0.39, 0.29) is 0 Å². The second kappa shape index (κ2) is 3.26. The van der Waals surface area contributed by atoms with Crippen molar-refractivity contribution in [1.29, 1.82) is 0 Å². The van der Waals surface area contributed by atoms with Crippen molar-refractivity contribution in [3.63, 3.8) is 0 Å². The summed E-state index contributed by atoms with van der Waals surface area (Å²) in [6.45, 7) is 4.27. The second-order valence-electron chi connectivity index (χ2n) is 2.93. The lowest BCUT2D eigenvalue weighted by molar-refractivity contribution is 0.869. The van der Waals surface area contributed by atoms with E-state index in [0.717, 1.165) is 10.2 Å². The van der Waals surface area contributed by atoms with Crippen molar-refractivity contribution in [3.8, 4) is 0 Å². The first-order valence-electron chi connectivity index (χ1n) is 3.66. The largest absolute Gasteiger partial charge is 0.398 e. The van der Waals surface area contributed by atoms with Crippen LogP contribution < -0.4 is 5.73 Å². The van der Waals surface area contributed by atoms with Crippen LogP contribution in [0.5, 0.6) is 0 Å². The van der Waals surface area contributed by atoms with Gasteiger partial charge in [-0.3, -0.25) is 0 Å². The lowest BCUT2D eigenvalue weighted by Gasteiger charge is -2.08. The second-order valence-corrected chi connectivity index (χ2v) is 3.84. The molecular weight excluding hydrogens is 202 g/mol. The topological polar surface area (TPSA) is 26.0 Å². The van der Waals surface area contributed by atoms with E-state index in [4.69, 9.17) is 5.73 Å². The van der Waals surface area contributed by atoms with E-state index in [1.165, 1.54) is 5.56 Å². The zero-order chi connectivity index (χ0) is 8.43. The Morgan fingerprint density at radius 3 is 2.45 bits per heavy atom. The Morgan fingerprint density at radius 2 is 2.00 bits per heavy atom. The van der Waals surface area contributed by atoms with Crippen molar-refractivity contribution in [2.75, 3.05) is 5.73 Å². The fourth-order valence-corrected chi connectivity index (χ4v) is 1.42. The highest BCUT2D eigenvalue weighted by Gasteiger charge is 2.03. The van der Waals surface area contributed by atoms with Gasteiger partial charge in [0, 0.05) is 10.2 Å². The van der Waals surface area contributed by atoms with Crippen LogP contribution in [-0.4, -0.2) is 0 Å². The monoisotopic (exact) mass is 213 g/mol. The minimum Gasteiger partial charge on any atom is -0.398 e. The van der Waals surface area contributed by atoms with Gasteiger partial charge in [-0.15, -0.1) is 0 Å². The van der Waals surface area contributed by atoms with Gasteiger partial charge in [-0.25, -0.2) is 0 Å². The number of hydrogen-bond acceptors (Lipinski definition) is 1. The number of rotatable bonds is 1. The average Bonchev–Trinajstić information content (AvgIpc) is 1.94. The Morgan fingerprint density at radius 1 is 1.36 bits per heavy atom. The van der Waals surface area contributed by atoms with Crippen molar-refractivity contribution in [3.05, 3.63) is 28.2 Å². The molecule has 0 saturated carbocycles. The van der Waals surface area contributed by atoms with Crippen molar-refractivity contribution in [2.24, 2.45) is 0 Å². The fourth-order valence-electron chi connectivity index (χ4n) is 1.05. The van der Waals surface area contributed by atoms with Crippen molar-refractivity contribution >= 4 is 21.6 Å². The molecule has 0 unspecified atom stereocenters. The summed E-state index contributed by atoms with van der Waals surface area (Å²) in [6, 6.07) is 5.96. The average molecular weight is 214 g/mol. The molecule has 0 aliphatic heterocycles. The van der Waals surface area contributed by atoms with Crippen LogP contribution in [0.2, 0.25) is 0 Å². The standard InChI is InChI=1S/C9H12BrN/c1-6(2)8-5-7(10)3-4-9(8)11/h3-6H,11H2,1-2H3. The van der Waals surface area contributed by atoms with Crippen LogP contribution in [-0.2, 0) is 0 Å². The molecule has 11 heavy (non-hydrogen) atoms. The highest BCUT2D eigenvalue weighted by atomic mass is 79.9. The van der Waals surface area contributed by atoms with Crippen LogP contribution in [0.4, 0.5) is 5.69 Å². The van der Waals surface area contributed by atoms with Crippen LogP contribution in [0.25, 0.3) is 0 Å². The molecule has 0 heterocycles. The molecule has 0 saturated heterocycles. The molecule has 1 aromatic rings. The van der Waals surface area contributed by atoms with Gasteiger partial charge in [-0.1, -0.05) is 29.8 Å². The van der Waals surface area contributed by atoms with Gasteiger partial charge in [0.2, 0.25) is 0 Å². The minimum absolute atomic E-state index is 0.493. The zero-order valence-corrected chi connectivity index (χ0v) is 8.35. The van der Waals surface area contributed by atoms with Gasteiger partial charge >= 0.3 is 0 Å². The third-order valence-electron chi connectivity index (χ3n) is 1.67. The SMILES string of the molecule is CC(C)c1cc(Br)ccc1N. The molecule has 2 heteroatoms. The Kier molecular flexibility index (Phi) is 2.55. The summed E-state index contributed by atoms with van der Waals surface area (Å²) in [4.78, 5) is 0. The molecule has 60 valence electrons. The predicted molar refractivity (Wildman–Crippen MR) is 52.6 cm³/mol. The molecule has 0 aliphatic carbocycles. The van der Waals surface area contributed by atoms with Gasteiger partial charge in [-0.2, -0.15) is 0 Å². The smallest absolute Gasteiger partial charge is 0.0349 e. The fraction of sp³-hybridized carbons (Fsp3) is 0.333. The summed E-state index contributed by atoms with van der Waals surface area (Å²) in [5, 5.41) is 0. The van der Waals surface area contributed by atoms with Gasteiger partial charge < -0.3 is 5.73 Å². The van der Waals surface area contributed by atoms with E-state index in [2.05, 4.69) is 35.8 Å². The van der Waals surface area contributed by atoms with Gasteiger partial charge in [0.05, 0.1) is 0 Å². The van der Waals surface area contributed by atoms with Crippen LogP contribution in [0, 0.1) is 0 Å². The highest BCUT2D eigenvalue weighted by Crippen LogP contribution is 2.24. The lowest BCUT2D eigenvalue weighted by Crippen LogP contribution is -1.95. The molecule has 0 spiro atoms. The summed E-state index contributed by atoms with van der Waals surface area (Å²) < 4.78 is 1.09. The van der Waals surface area contributed by atoms with Gasteiger partial charge in [0.25, 0.3) is 0 Å². The number of nitrogens with two attached hydrogens (primary N) is 1. The molecule has 1 nitrogen and oxygen atoms in total. The first kappa shape index (κ1) is 8.60. The summed E-state index contributed by atoms with van der Waals surface area (Å²) in [5.41, 5.74) is 7.86. The normalized spacial score (nSPS) is 10.5. The third-order valence-corrected chi connectivity index (χ3v) is 2.16. The molecule has 0 fully saturated rings. The lowest BCUT2D eigenvalue weighted by atomic mass is 10.0. The highest BCUT2D eigenvalue weighted by molar-refractivity contribution is 9.10. The van der Waals surface area contributed by atoms with Crippen LogP contribution in [0.3, 0.4) is 0 Å². The molecular formula is C9H12BrN. The molecule has 0 atom stereocenters. The molecule has 0 aliphatic rings.